The van der Waals surface area contributed by atoms with Gasteiger partial charge in [0.25, 0.3) is 0 Å². The zero-order chi connectivity index (χ0) is 13.0. The van der Waals surface area contributed by atoms with Crippen molar-refractivity contribution in [2.75, 3.05) is 18.5 Å². The van der Waals surface area contributed by atoms with Crippen molar-refractivity contribution in [3.05, 3.63) is 30.1 Å². The van der Waals surface area contributed by atoms with Gasteiger partial charge in [0.2, 0.25) is 5.91 Å². The molecule has 4 nitrogen and oxygen atoms in total. The molecule has 1 aromatic rings. The molecule has 3 N–H and O–H groups in total. The molecule has 0 aliphatic carbocycles. The normalized spacial score (nSPS) is 18.3. The highest BCUT2D eigenvalue weighted by molar-refractivity contribution is 5.83. The number of amides is 1. The first-order valence-electron chi connectivity index (χ1n) is 6.06. The lowest BCUT2D eigenvalue weighted by atomic mass is 9.91. The van der Waals surface area contributed by atoms with E-state index < -0.39 is 6.04 Å². The first-order chi connectivity index (χ1) is 8.66. The number of nitrogens with two attached hydrogens (primary N) is 1. The van der Waals surface area contributed by atoms with Crippen LogP contribution in [0.1, 0.15) is 12.8 Å². The lowest BCUT2D eigenvalue weighted by molar-refractivity contribution is -0.120. The van der Waals surface area contributed by atoms with Gasteiger partial charge in [0.1, 0.15) is 11.9 Å². The maximum absolute atomic E-state index is 12.8. The Hall–Kier alpha value is -1.62. The molecule has 18 heavy (non-hydrogen) atoms. The van der Waals surface area contributed by atoms with E-state index in [2.05, 4.69) is 5.32 Å². The minimum atomic E-state index is -0.431. The molecule has 0 spiro atoms. The van der Waals surface area contributed by atoms with E-state index in [9.17, 15) is 9.18 Å². The van der Waals surface area contributed by atoms with Gasteiger partial charge in [-0.3, -0.25) is 4.79 Å². The second-order valence-corrected chi connectivity index (χ2v) is 4.48. The van der Waals surface area contributed by atoms with E-state index in [4.69, 9.17) is 10.5 Å². The second-order valence-electron chi connectivity index (χ2n) is 4.48. The Morgan fingerprint density at radius 2 is 1.94 bits per heavy atom. The van der Waals surface area contributed by atoms with Crippen molar-refractivity contribution in [1.82, 2.24) is 0 Å². The number of carbonyl (C=O) groups is 1. The molecule has 1 atom stereocenters. The van der Waals surface area contributed by atoms with Crippen LogP contribution in [0.5, 0.6) is 0 Å². The van der Waals surface area contributed by atoms with Crippen LogP contribution in [0.4, 0.5) is 10.1 Å². The molecular formula is C13H17FN2O2. The van der Waals surface area contributed by atoms with Crippen molar-refractivity contribution in [2.24, 2.45) is 11.7 Å². The zero-order valence-corrected chi connectivity index (χ0v) is 10.1. The fourth-order valence-electron chi connectivity index (χ4n) is 2.20. The number of halogens is 1. The molecule has 1 heterocycles. The van der Waals surface area contributed by atoms with Crippen LogP contribution in [0.25, 0.3) is 0 Å². The van der Waals surface area contributed by atoms with E-state index in [1.807, 2.05) is 0 Å². The SMILES string of the molecule is NC(=O)C(Nc1ccc(F)cc1)C1CCOCC1. The predicted octanol–water partition coefficient (Wildman–Crippen LogP) is 1.52. The molecule has 0 bridgehead atoms. The minimum Gasteiger partial charge on any atom is -0.381 e. The summed E-state index contributed by atoms with van der Waals surface area (Å²) in [5.41, 5.74) is 6.13. The molecule has 1 saturated heterocycles. The zero-order valence-electron chi connectivity index (χ0n) is 10.1. The average Bonchev–Trinajstić information content (AvgIpc) is 2.38. The number of rotatable bonds is 4. The van der Waals surface area contributed by atoms with Crippen LogP contribution in [0.3, 0.4) is 0 Å². The monoisotopic (exact) mass is 252 g/mol. The molecule has 1 fully saturated rings. The number of nitrogens with one attached hydrogen (secondary N) is 1. The smallest absolute Gasteiger partial charge is 0.240 e. The maximum atomic E-state index is 12.8. The summed E-state index contributed by atoms with van der Waals surface area (Å²) in [6.45, 7) is 1.30. The molecular weight excluding hydrogens is 235 g/mol. The number of hydrogen-bond donors (Lipinski definition) is 2. The van der Waals surface area contributed by atoms with Crippen molar-refractivity contribution < 1.29 is 13.9 Å². The number of benzene rings is 1. The van der Waals surface area contributed by atoms with Crippen LogP contribution >= 0.6 is 0 Å². The van der Waals surface area contributed by atoms with Gasteiger partial charge in [-0.2, -0.15) is 0 Å². The fourth-order valence-corrected chi connectivity index (χ4v) is 2.20. The standard InChI is InChI=1S/C13H17FN2O2/c14-10-1-3-11(4-2-10)16-12(13(15)17)9-5-7-18-8-6-9/h1-4,9,12,16H,5-8H2,(H2,15,17). The summed E-state index contributed by atoms with van der Waals surface area (Å²) in [5, 5.41) is 3.08. The van der Waals surface area contributed by atoms with Crippen LogP contribution in [0.2, 0.25) is 0 Å². The molecule has 1 aliphatic rings. The molecule has 1 aliphatic heterocycles. The van der Waals surface area contributed by atoms with Gasteiger partial charge >= 0.3 is 0 Å². The van der Waals surface area contributed by atoms with E-state index in [-0.39, 0.29) is 17.6 Å². The molecule has 0 saturated carbocycles. The van der Waals surface area contributed by atoms with Crippen LogP contribution in [-0.4, -0.2) is 25.2 Å². The van der Waals surface area contributed by atoms with Gasteiger partial charge in [-0.15, -0.1) is 0 Å². The molecule has 5 heteroatoms. The Morgan fingerprint density at radius 1 is 1.33 bits per heavy atom. The van der Waals surface area contributed by atoms with Gasteiger partial charge in [-0.1, -0.05) is 0 Å². The predicted molar refractivity (Wildman–Crippen MR) is 66.5 cm³/mol. The molecule has 1 unspecified atom stereocenters. The summed E-state index contributed by atoms with van der Waals surface area (Å²) in [4.78, 5) is 11.5. The van der Waals surface area contributed by atoms with Crippen LogP contribution < -0.4 is 11.1 Å². The fraction of sp³-hybridized carbons (Fsp3) is 0.462. The Kier molecular flexibility index (Phi) is 4.15. The van der Waals surface area contributed by atoms with Gasteiger partial charge in [0.15, 0.2) is 0 Å². The summed E-state index contributed by atoms with van der Waals surface area (Å²) in [6.07, 6.45) is 1.61. The second kappa shape index (κ2) is 5.82. The number of carbonyl (C=O) groups excluding carboxylic acids is 1. The third-order valence-corrected chi connectivity index (χ3v) is 3.21. The maximum Gasteiger partial charge on any atom is 0.240 e. The van der Waals surface area contributed by atoms with Crippen molar-refractivity contribution in [3.8, 4) is 0 Å². The summed E-state index contributed by atoms with van der Waals surface area (Å²) in [7, 11) is 0. The number of ether oxygens (including phenoxy) is 1. The molecule has 98 valence electrons. The molecule has 2 rings (SSSR count). The van der Waals surface area contributed by atoms with Gasteiger partial charge in [0.05, 0.1) is 0 Å². The van der Waals surface area contributed by atoms with Crippen LogP contribution in [0, 0.1) is 11.7 Å². The Bertz CT molecular complexity index is 402. The van der Waals surface area contributed by atoms with E-state index in [0.29, 0.717) is 18.9 Å². The number of primary amides is 1. The van der Waals surface area contributed by atoms with Gasteiger partial charge in [-0.25, -0.2) is 4.39 Å². The Balaban J connectivity index is 2.05. The van der Waals surface area contributed by atoms with E-state index >= 15 is 0 Å². The van der Waals surface area contributed by atoms with Crippen LogP contribution in [0.15, 0.2) is 24.3 Å². The molecule has 0 radical (unpaired) electrons. The molecule has 1 amide bonds. The lowest BCUT2D eigenvalue weighted by Gasteiger charge is -2.29. The summed E-state index contributed by atoms with van der Waals surface area (Å²) >= 11 is 0. The van der Waals surface area contributed by atoms with Crippen molar-refractivity contribution in [2.45, 2.75) is 18.9 Å². The van der Waals surface area contributed by atoms with Crippen molar-refractivity contribution in [1.29, 1.82) is 0 Å². The third kappa shape index (κ3) is 3.20. The van der Waals surface area contributed by atoms with Crippen molar-refractivity contribution >= 4 is 11.6 Å². The van der Waals surface area contributed by atoms with Gasteiger partial charge in [0, 0.05) is 18.9 Å². The van der Waals surface area contributed by atoms with Gasteiger partial charge < -0.3 is 15.8 Å². The largest absolute Gasteiger partial charge is 0.381 e. The molecule has 0 aromatic heterocycles. The first-order valence-corrected chi connectivity index (χ1v) is 6.06. The van der Waals surface area contributed by atoms with E-state index in [1.165, 1.54) is 12.1 Å². The highest BCUT2D eigenvalue weighted by Crippen LogP contribution is 2.22. The number of anilines is 1. The van der Waals surface area contributed by atoms with E-state index in [0.717, 1.165) is 12.8 Å². The number of hydrogen-bond acceptors (Lipinski definition) is 3. The summed E-state index contributed by atoms with van der Waals surface area (Å²) < 4.78 is 18.1. The highest BCUT2D eigenvalue weighted by atomic mass is 19.1. The van der Waals surface area contributed by atoms with E-state index in [1.54, 1.807) is 12.1 Å². The highest BCUT2D eigenvalue weighted by Gasteiger charge is 2.28. The van der Waals surface area contributed by atoms with Gasteiger partial charge in [-0.05, 0) is 43.0 Å². The first kappa shape index (κ1) is 12.8. The minimum absolute atomic E-state index is 0.168. The Morgan fingerprint density at radius 3 is 2.50 bits per heavy atom. The Labute approximate surface area is 105 Å². The summed E-state index contributed by atoms with van der Waals surface area (Å²) in [6, 6.07) is 5.48. The van der Waals surface area contributed by atoms with Crippen LogP contribution in [-0.2, 0) is 9.53 Å². The summed E-state index contributed by atoms with van der Waals surface area (Å²) in [5.74, 6) is -0.519. The van der Waals surface area contributed by atoms with Crippen molar-refractivity contribution in [3.63, 3.8) is 0 Å². The quantitative estimate of drug-likeness (QED) is 0.854. The average molecular weight is 252 g/mol. The molecule has 1 aromatic carbocycles. The third-order valence-electron chi connectivity index (χ3n) is 3.21. The topological polar surface area (TPSA) is 64.4 Å². The lowest BCUT2D eigenvalue weighted by Crippen LogP contribution is -2.43.